The Morgan fingerprint density at radius 3 is 2.91 bits per heavy atom. The van der Waals surface area contributed by atoms with Gasteiger partial charge >= 0.3 is 0 Å². The molecule has 23 heavy (non-hydrogen) atoms. The summed E-state index contributed by atoms with van der Waals surface area (Å²) in [4.78, 5) is 4.61. The first-order valence-electron chi connectivity index (χ1n) is 7.71. The number of benzene rings is 1. The molecule has 2 aliphatic rings. The van der Waals surface area contributed by atoms with Gasteiger partial charge in [-0.05, 0) is 43.9 Å². The number of hydrogen-bond acceptors (Lipinski definition) is 2. The van der Waals surface area contributed by atoms with E-state index in [1.54, 1.807) is 6.07 Å². The number of nitrogens with one attached hydrogen (secondary N) is 1. The Labute approximate surface area is 164 Å². The lowest BCUT2D eigenvalue weighted by Gasteiger charge is -2.45. The third-order valence-corrected chi connectivity index (χ3v) is 5.12. The molecule has 4 nitrogen and oxygen atoms in total. The Balaban J connectivity index is 0.00000192. The molecule has 4 unspecified atom stereocenters. The molecule has 1 aliphatic heterocycles. The van der Waals surface area contributed by atoms with Crippen LogP contribution in [0, 0.1) is 5.92 Å². The van der Waals surface area contributed by atoms with E-state index >= 15 is 0 Å². The van der Waals surface area contributed by atoms with E-state index in [9.17, 15) is 0 Å². The standard InChI is InChI=1S/C16H21Cl2N3O.HI/c1-9(11-5-4-10(17)7-13(11)18)20-16(19)21-14-8-15-12(14)3-2-6-22-15;/h4-5,7,9,12,14-15H,2-3,6,8H2,1H3,(H3,19,20,21);1H. The minimum Gasteiger partial charge on any atom is -0.378 e. The average Bonchev–Trinajstić information content (AvgIpc) is 2.44. The summed E-state index contributed by atoms with van der Waals surface area (Å²) >= 11 is 12.1. The summed E-state index contributed by atoms with van der Waals surface area (Å²) in [5.41, 5.74) is 7.01. The van der Waals surface area contributed by atoms with Crippen LogP contribution >= 0.6 is 47.2 Å². The molecule has 0 bridgehead atoms. The topological polar surface area (TPSA) is 59.6 Å². The second kappa shape index (κ2) is 8.23. The van der Waals surface area contributed by atoms with Crippen LogP contribution in [0.2, 0.25) is 10.0 Å². The molecule has 1 heterocycles. The van der Waals surface area contributed by atoms with Gasteiger partial charge in [0.25, 0.3) is 0 Å². The van der Waals surface area contributed by atoms with Crippen molar-refractivity contribution in [3.05, 3.63) is 33.8 Å². The predicted molar refractivity (Wildman–Crippen MR) is 106 cm³/mol. The first-order valence-corrected chi connectivity index (χ1v) is 8.46. The number of aliphatic imine (C=N–C) groups is 1. The Morgan fingerprint density at radius 2 is 2.22 bits per heavy atom. The smallest absolute Gasteiger partial charge is 0.189 e. The molecular weight excluding hydrogens is 448 g/mol. The van der Waals surface area contributed by atoms with Gasteiger partial charge in [-0.1, -0.05) is 29.3 Å². The fourth-order valence-electron chi connectivity index (χ4n) is 3.28. The number of hydrogen-bond donors (Lipinski definition) is 2. The van der Waals surface area contributed by atoms with Crippen LogP contribution in [0.5, 0.6) is 0 Å². The minimum absolute atomic E-state index is 0. The number of nitrogens with zero attached hydrogens (tertiary/aromatic N) is 1. The van der Waals surface area contributed by atoms with E-state index in [1.165, 1.54) is 6.42 Å². The van der Waals surface area contributed by atoms with E-state index in [0.717, 1.165) is 25.0 Å². The van der Waals surface area contributed by atoms with Crippen molar-refractivity contribution in [1.29, 1.82) is 0 Å². The maximum absolute atomic E-state index is 6.22. The second-order valence-electron chi connectivity index (χ2n) is 6.06. The highest BCUT2D eigenvalue weighted by Crippen LogP contribution is 2.39. The highest BCUT2D eigenvalue weighted by Gasteiger charge is 2.43. The number of halogens is 3. The van der Waals surface area contributed by atoms with Crippen LogP contribution in [0.25, 0.3) is 0 Å². The maximum atomic E-state index is 6.22. The molecule has 4 atom stereocenters. The van der Waals surface area contributed by atoms with E-state index in [4.69, 9.17) is 33.7 Å². The quantitative estimate of drug-likeness (QED) is 0.397. The number of nitrogens with two attached hydrogens (primary N) is 1. The zero-order chi connectivity index (χ0) is 15.7. The van der Waals surface area contributed by atoms with Crippen LogP contribution < -0.4 is 11.1 Å². The Kier molecular flexibility index (Phi) is 6.83. The molecule has 1 saturated carbocycles. The third kappa shape index (κ3) is 4.44. The van der Waals surface area contributed by atoms with Crippen molar-refractivity contribution in [2.45, 2.75) is 44.4 Å². The largest absolute Gasteiger partial charge is 0.378 e. The number of ether oxygens (including phenoxy) is 1. The van der Waals surface area contributed by atoms with Crippen molar-refractivity contribution in [2.24, 2.45) is 16.6 Å². The maximum Gasteiger partial charge on any atom is 0.189 e. The van der Waals surface area contributed by atoms with Crippen molar-refractivity contribution in [3.63, 3.8) is 0 Å². The van der Waals surface area contributed by atoms with Gasteiger partial charge in [-0.2, -0.15) is 0 Å². The van der Waals surface area contributed by atoms with Crippen molar-refractivity contribution in [2.75, 3.05) is 6.61 Å². The summed E-state index contributed by atoms with van der Waals surface area (Å²) < 4.78 is 5.71. The summed E-state index contributed by atoms with van der Waals surface area (Å²) in [6.07, 6.45) is 3.67. The highest BCUT2D eigenvalue weighted by atomic mass is 127. The molecule has 1 aromatic rings. The van der Waals surface area contributed by atoms with E-state index in [1.807, 2.05) is 19.1 Å². The van der Waals surface area contributed by atoms with Crippen molar-refractivity contribution >= 4 is 53.1 Å². The van der Waals surface area contributed by atoms with Crippen LogP contribution in [-0.4, -0.2) is 24.7 Å². The monoisotopic (exact) mass is 469 g/mol. The van der Waals surface area contributed by atoms with Gasteiger partial charge in [-0.3, -0.25) is 0 Å². The van der Waals surface area contributed by atoms with Crippen molar-refractivity contribution < 1.29 is 4.74 Å². The number of rotatable bonds is 3. The lowest BCUT2D eigenvalue weighted by atomic mass is 9.73. The summed E-state index contributed by atoms with van der Waals surface area (Å²) in [6, 6.07) is 5.73. The lowest BCUT2D eigenvalue weighted by Crippen LogP contribution is -2.50. The van der Waals surface area contributed by atoms with Gasteiger partial charge < -0.3 is 15.8 Å². The highest BCUT2D eigenvalue weighted by molar-refractivity contribution is 14.0. The molecule has 3 rings (SSSR count). The van der Waals surface area contributed by atoms with Crippen molar-refractivity contribution in [1.82, 2.24) is 5.32 Å². The SMILES string of the molecule is CC(NC(N)=NC1CC2OCCCC12)c1ccc(Cl)cc1Cl.I. The molecule has 0 amide bonds. The van der Waals surface area contributed by atoms with E-state index in [-0.39, 0.29) is 36.1 Å². The summed E-state index contributed by atoms with van der Waals surface area (Å²) in [5.74, 6) is 0.996. The number of fused-ring (bicyclic) bond motifs is 1. The summed E-state index contributed by atoms with van der Waals surface area (Å²) in [5, 5.41) is 4.47. The number of guanidine groups is 1. The van der Waals surface area contributed by atoms with Gasteiger partial charge in [0.05, 0.1) is 18.2 Å². The Hall–Kier alpha value is -0.240. The fourth-order valence-corrected chi connectivity index (χ4v) is 3.85. The minimum atomic E-state index is -0.0213. The van der Waals surface area contributed by atoms with Crippen molar-refractivity contribution in [3.8, 4) is 0 Å². The normalized spacial score (nSPS) is 28.1. The third-order valence-electron chi connectivity index (χ3n) is 4.56. The van der Waals surface area contributed by atoms with Gasteiger partial charge in [0.2, 0.25) is 0 Å². The molecule has 0 spiro atoms. The van der Waals surface area contributed by atoms with Gasteiger partial charge in [0, 0.05) is 22.6 Å². The molecule has 7 heteroatoms. The molecule has 1 aliphatic carbocycles. The Morgan fingerprint density at radius 1 is 1.43 bits per heavy atom. The summed E-state index contributed by atoms with van der Waals surface area (Å²) in [6.45, 7) is 2.89. The van der Waals surface area contributed by atoms with Crippen LogP contribution in [-0.2, 0) is 4.74 Å². The fraction of sp³-hybridized carbons (Fsp3) is 0.562. The first kappa shape index (κ1) is 19.1. The molecular formula is C16H22Cl2IN3O. The van der Waals surface area contributed by atoms with Crippen LogP contribution in [0.1, 0.15) is 37.8 Å². The zero-order valence-electron chi connectivity index (χ0n) is 13.0. The first-order chi connectivity index (χ1) is 10.5. The average molecular weight is 470 g/mol. The van der Waals surface area contributed by atoms with E-state index in [2.05, 4.69) is 10.3 Å². The zero-order valence-corrected chi connectivity index (χ0v) is 16.8. The molecule has 3 N–H and O–H groups in total. The molecule has 1 saturated heterocycles. The van der Waals surface area contributed by atoms with Gasteiger partial charge in [-0.15, -0.1) is 24.0 Å². The second-order valence-corrected chi connectivity index (χ2v) is 6.91. The van der Waals surface area contributed by atoms with Crippen LogP contribution in [0.3, 0.4) is 0 Å². The summed E-state index contributed by atoms with van der Waals surface area (Å²) in [7, 11) is 0. The van der Waals surface area contributed by atoms with E-state index < -0.39 is 0 Å². The lowest BCUT2D eigenvalue weighted by molar-refractivity contribution is -0.0938. The molecule has 2 fully saturated rings. The molecule has 0 radical (unpaired) electrons. The molecule has 0 aromatic heterocycles. The molecule has 1 aromatic carbocycles. The molecule has 128 valence electrons. The van der Waals surface area contributed by atoms with Gasteiger partial charge in [0.1, 0.15) is 0 Å². The Bertz CT molecular complexity index is 584. The van der Waals surface area contributed by atoms with Gasteiger partial charge in [0.15, 0.2) is 5.96 Å². The van der Waals surface area contributed by atoms with Crippen LogP contribution in [0.4, 0.5) is 0 Å². The van der Waals surface area contributed by atoms with Crippen LogP contribution in [0.15, 0.2) is 23.2 Å². The van der Waals surface area contributed by atoms with Gasteiger partial charge in [-0.25, -0.2) is 4.99 Å². The van der Waals surface area contributed by atoms with E-state index in [0.29, 0.717) is 28.0 Å². The predicted octanol–water partition coefficient (Wildman–Crippen LogP) is 4.14.